The van der Waals surface area contributed by atoms with Crippen LogP contribution in [0.3, 0.4) is 0 Å². The van der Waals surface area contributed by atoms with E-state index >= 15 is 0 Å². The minimum absolute atomic E-state index is 0.0287. The largest absolute Gasteiger partial charge is 0.354 e. The van der Waals surface area contributed by atoms with Crippen LogP contribution in [0.15, 0.2) is 22.9 Å². The highest BCUT2D eigenvalue weighted by Gasteiger charge is 2.14. The maximum Gasteiger partial charge on any atom is 0.244 e. The standard InChI is InChI=1S/C14H20BrN5O/c1-10-7-11(2)19(18-10)6-4-5-16-14(21)12(3)20-9-13(15)8-17-20/h7-9,12H,4-6H2,1-3H3,(H,16,21). The van der Waals surface area contributed by atoms with Crippen molar-refractivity contribution >= 4 is 21.8 Å². The zero-order valence-corrected chi connectivity index (χ0v) is 14.1. The second kappa shape index (κ2) is 6.89. The summed E-state index contributed by atoms with van der Waals surface area (Å²) in [4.78, 5) is 12.0. The SMILES string of the molecule is Cc1cc(C)n(CCCNC(=O)C(C)n2cc(Br)cn2)n1. The van der Waals surface area contributed by atoms with E-state index in [2.05, 4.69) is 37.5 Å². The number of aromatic nitrogens is 4. The summed E-state index contributed by atoms with van der Waals surface area (Å²) in [5.74, 6) is -0.0287. The second-order valence-corrected chi connectivity index (χ2v) is 6.03. The Bertz CT molecular complexity index is 619. The van der Waals surface area contributed by atoms with Gasteiger partial charge in [0, 0.05) is 25.0 Å². The van der Waals surface area contributed by atoms with Crippen molar-refractivity contribution < 1.29 is 4.79 Å². The summed E-state index contributed by atoms with van der Waals surface area (Å²) in [6.45, 7) is 7.28. The number of hydrogen-bond donors (Lipinski definition) is 1. The number of aryl methyl sites for hydroxylation is 3. The van der Waals surface area contributed by atoms with Gasteiger partial charge in [-0.25, -0.2) is 0 Å². The minimum atomic E-state index is -0.315. The van der Waals surface area contributed by atoms with E-state index in [4.69, 9.17) is 0 Å². The van der Waals surface area contributed by atoms with Gasteiger partial charge in [0.15, 0.2) is 0 Å². The molecule has 0 radical (unpaired) electrons. The quantitative estimate of drug-likeness (QED) is 0.809. The molecule has 2 rings (SSSR count). The van der Waals surface area contributed by atoms with Gasteiger partial charge >= 0.3 is 0 Å². The summed E-state index contributed by atoms with van der Waals surface area (Å²) < 4.78 is 4.47. The van der Waals surface area contributed by atoms with Crippen LogP contribution in [0.2, 0.25) is 0 Å². The van der Waals surface area contributed by atoms with E-state index in [-0.39, 0.29) is 11.9 Å². The predicted molar refractivity (Wildman–Crippen MR) is 84.0 cm³/mol. The number of hydrogen-bond acceptors (Lipinski definition) is 3. The lowest BCUT2D eigenvalue weighted by atomic mass is 10.3. The monoisotopic (exact) mass is 353 g/mol. The van der Waals surface area contributed by atoms with E-state index in [9.17, 15) is 4.79 Å². The molecule has 2 aromatic heterocycles. The fraction of sp³-hybridized carbons (Fsp3) is 0.500. The van der Waals surface area contributed by atoms with Crippen molar-refractivity contribution in [3.05, 3.63) is 34.3 Å². The fourth-order valence-electron chi connectivity index (χ4n) is 2.14. The van der Waals surface area contributed by atoms with Gasteiger partial charge in [0.25, 0.3) is 0 Å². The van der Waals surface area contributed by atoms with Crippen LogP contribution in [0.4, 0.5) is 0 Å². The summed E-state index contributed by atoms with van der Waals surface area (Å²) in [7, 11) is 0. The summed E-state index contributed by atoms with van der Waals surface area (Å²) >= 11 is 3.32. The first-order chi connectivity index (χ1) is 9.97. The molecule has 1 N–H and O–H groups in total. The number of nitrogens with one attached hydrogen (secondary N) is 1. The van der Waals surface area contributed by atoms with Crippen molar-refractivity contribution in [2.24, 2.45) is 0 Å². The lowest BCUT2D eigenvalue weighted by molar-refractivity contribution is -0.124. The number of amides is 1. The van der Waals surface area contributed by atoms with Crippen LogP contribution in [0, 0.1) is 13.8 Å². The van der Waals surface area contributed by atoms with Gasteiger partial charge in [0.05, 0.1) is 16.4 Å². The maximum atomic E-state index is 12.0. The van der Waals surface area contributed by atoms with Crippen molar-refractivity contribution in [1.82, 2.24) is 24.9 Å². The number of carbonyl (C=O) groups is 1. The van der Waals surface area contributed by atoms with Gasteiger partial charge in [-0.2, -0.15) is 10.2 Å². The Labute approximate surface area is 132 Å². The third-order valence-electron chi connectivity index (χ3n) is 3.30. The normalized spacial score (nSPS) is 12.4. The molecule has 0 aliphatic rings. The van der Waals surface area contributed by atoms with Crippen LogP contribution < -0.4 is 5.32 Å². The first-order valence-corrected chi connectivity index (χ1v) is 7.75. The van der Waals surface area contributed by atoms with Crippen LogP contribution >= 0.6 is 15.9 Å². The molecular formula is C14H20BrN5O. The van der Waals surface area contributed by atoms with Crippen LogP contribution in [0.5, 0.6) is 0 Å². The Morgan fingerprint density at radius 1 is 1.48 bits per heavy atom. The number of carbonyl (C=O) groups excluding carboxylic acids is 1. The van der Waals surface area contributed by atoms with Crippen molar-refractivity contribution in [3.8, 4) is 0 Å². The van der Waals surface area contributed by atoms with Gasteiger partial charge in [0.2, 0.25) is 5.91 Å². The summed E-state index contributed by atoms with van der Waals surface area (Å²) in [5, 5.41) is 11.4. The second-order valence-electron chi connectivity index (χ2n) is 5.11. The molecule has 2 aromatic rings. The topological polar surface area (TPSA) is 64.7 Å². The molecule has 1 unspecified atom stereocenters. The molecule has 0 saturated heterocycles. The Morgan fingerprint density at radius 2 is 2.24 bits per heavy atom. The van der Waals surface area contributed by atoms with Gasteiger partial charge < -0.3 is 5.32 Å². The molecule has 0 spiro atoms. The summed E-state index contributed by atoms with van der Waals surface area (Å²) in [6, 6.07) is 1.74. The number of rotatable bonds is 6. The zero-order chi connectivity index (χ0) is 15.4. The highest BCUT2D eigenvalue weighted by molar-refractivity contribution is 9.10. The highest BCUT2D eigenvalue weighted by Crippen LogP contribution is 2.11. The molecule has 21 heavy (non-hydrogen) atoms. The maximum absolute atomic E-state index is 12.0. The fourth-order valence-corrected chi connectivity index (χ4v) is 2.44. The molecule has 0 saturated carbocycles. The molecule has 0 aliphatic carbocycles. The predicted octanol–water partition coefficient (Wildman–Crippen LogP) is 2.23. The summed E-state index contributed by atoms with van der Waals surface area (Å²) in [6.07, 6.45) is 4.32. The van der Waals surface area contributed by atoms with Crippen LogP contribution in [-0.2, 0) is 11.3 Å². The van der Waals surface area contributed by atoms with E-state index in [1.165, 1.54) is 0 Å². The van der Waals surface area contributed by atoms with Crippen molar-refractivity contribution in [2.75, 3.05) is 6.54 Å². The minimum Gasteiger partial charge on any atom is -0.354 e. The molecule has 0 fully saturated rings. The summed E-state index contributed by atoms with van der Waals surface area (Å²) in [5.41, 5.74) is 2.17. The number of nitrogens with zero attached hydrogens (tertiary/aromatic N) is 4. The molecule has 7 heteroatoms. The molecule has 114 valence electrons. The lowest BCUT2D eigenvalue weighted by Crippen LogP contribution is -2.32. The Hall–Kier alpha value is -1.63. The average molecular weight is 354 g/mol. The number of halogens is 1. The third-order valence-corrected chi connectivity index (χ3v) is 3.71. The molecule has 0 aromatic carbocycles. The molecular weight excluding hydrogens is 334 g/mol. The molecule has 1 atom stereocenters. The zero-order valence-electron chi connectivity index (χ0n) is 12.5. The Kier molecular flexibility index (Phi) is 5.17. The lowest BCUT2D eigenvalue weighted by Gasteiger charge is -2.12. The van der Waals surface area contributed by atoms with E-state index in [1.807, 2.05) is 25.5 Å². The van der Waals surface area contributed by atoms with Gasteiger partial charge in [-0.3, -0.25) is 14.2 Å². The average Bonchev–Trinajstić information content (AvgIpc) is 2.99. The van der Waals surface area contributed by atoms with Crippen molar-refractivity contribution in [3.63, 3.8) is 0 Å². The highest BCUT2D eigenvalue weighted by atomic mass is 79.9. The Morgan fingerprint density at radius 3 is 2.81 bits per heavy atom. The van der Waals surface area contributed by atoms with Gasteiger partial charge in [0.1, 0.15) is 6.04 Å². The van der Waals surface area contributed by atoms with Crippen LogP contribution in [0.1, 0.15) is 30.8 Å². The molecule has 1 amide bonds. The van der Waals surface area contributed by atoms with Crippen LogP contribution in [-0.4, -0.2) is 32.0 Å². The first kappa shape index (κ1) is 15.8. The first-order valence-electron chi connectivity index (χ1n) is 6.96. The van der Waals surface area contributed by atoms with Crippen LogP contribution in [0.25, 0.3) is 0 Å². The smallest absolute Gasteiger partial charge is 0.244 e. The molecule has 0 aliphatic heterocycles. The molecule has 6 nitrogen and oxygen atoms in total. The third kappa shape index (κ3) is 4.17. The van der Waals surface area contributed by atoms with Crippen molar-refractivity contribution in [1.29, 1.82) is 0 Å². The van der Waals surface area contributed by atoms with E-state index in [1.54, 1.807) is 17.1 Å². The van der Waals surface area contributed by atoms with E-state index < -0.39 is 0 Å². The van der Waals surface area contributed by atoms with Gasteiger partial charge in [-0.1, -0.05) is 0 Å². The van der Waals surface area contributed by atoms with Gasteiger partial charge in [-0.05, 0) is 49.2 Å². The van der Waals surface area contributed by atoms with E-state index in [0.29, 0.717) is 6.54 Å². The van der Waals surface area contributed by atoms with Gasteiger partial charge in [-0.15, -0.1) is 0 Å². The molecule has 0 bridgehead atoms. The Balaban J connectivity index is 1.75. The van der Waals surface area contributed by atoms with Crippen molar-refractivity contribution in [2.45, 2.75) is 39.8 Å². The molecule has 2 heterocycles. The van der Waals surface area contributed by atoms with E-state index in [0.717, 1.165) is 28.8 Å².